The molecule has 4 aromatic rings. The highest BCUT2D eigenvalue weighted by Gasteiger charge is 2.30. The average Bonchev–Trinajstić information content (AvgIpc) is 3.58. The number of carboxylic acids is 1. The zero-order chi connectivity index (χ0) is 30.4. The van der Waals surface area contributed by atoms with Gasteiger partial charge in [0.1, 0.15) is 49.2 Å². The van der Waals surface area contributed by atoms with E-state index in [4.69, 9.17) is 14.6 Å². The van der Waals surface area contributed by atoms with Gasteiger partial charge in [0, 0.05) is 6.42 Å². The molecule has 0 aliphatic carbocycles. The van der Waals surface area contributed by atoms with Crippen molar-refractivity contribution in [3.8, 4) is 11.5 Å². The van der Waals surface area contributed by atoms with Gasteiger partial charge >= 0.3 is 5.97 Å². The van der Waals surface area contributed by atoms with E-state index in [0.29, 0.717) is 33.0 Å². The minimum absolute atomic E-state index is 0.00157. The summed E-state index contributed by atoms with van der Waals surface area (Å²) in [6.45, 7) is 2.90. The maximum absolute atomic E-state index is 13.2. The van der Waals surface area contributed by atoms with Crippen LogP contribution in [0.4, 0.5) is 4.39 Å². The van der Waals surface area contributed by atoms with Gasteiger partial charge in [0.2, 0.25) is 10.2 Å². The number of hydrogen-bond donors (Lipinski definition) is 3. The lowest BCUT2D eigenvalue weighted by molar-refractivity contribution is -0.142. The molecular formula is C26H29FN6O7S2. The third-order valence-electron chi connectivity index (χ3n) is 6.04. The fourth-order valence-electron chi connectivity index (χ4n) is 4.07. The molecule has 2 heterocycles. The summed E-state index contributed by atoms with van der Waals surface area (Å²) in [6, 6.07) is 9.34. The molecule has 2 aromatic heterocycles. The fourth-order valence-corrected chi connectivity index (χ4v) is 5.75. The van der Waals surface area contributed by atoms with Crippen LogP contribution in [0.3, 0.4) is 0 Å². The van der Waals surface area contributed by atoms with Crippen molar-refractivity contribution in [2.24, 2.45) is 11.1 Å². The standard InChI is InChI=1S/C26H29FN6O7S2/c1-15(2)23(24(34)29-21(25(35)36)11-16-3-5-18(6-4-16)39-10-9-27)33-13-17(31-32-33)14-40-19-7-8-20-22(12-19)41-26(30-20)42(28,37)38/h3-8,12-13,15,21,23H,9-11,14H2,1-2H3,(H,29,34)(H,35,36)(H2,28,37,38)/t21-,23?/m0/s1. The Kier molecular flexibility index (Phi) is 9.70. The highest BCUT2D eigenvalue weighted by molar-refractivity contribution is 7.91. The second kappa shape index (κ2) is 13.2. The number of rotatable bonds is 14. The van der Waals surface area contributed by atoms with E-state index < -0.39 is 40.7 Å². The molecule has 2 aromatic carbocycles. The molecule has 1 amide bonds. The molecule has 224 valence electrons. The molecule has 0 aliphatic heterocycles. The topological polar surface area (TPSA) is 189 Å². The number of nitrogens with two attached hydrogens (primary N) is 1. The highest BCUT2D eigenvalue weighted by Crippen LogP contribution is 2.28. The number of nitrogens with zero attached hydrogens (tertiary/aromatic N) is 4. The maximum Gasteiger partial charge on any atom is 0.326 e. The maximum atomic E-state index is 13.2. The van der Waals surface area contributed by atoms with Crippen LogP contribution in [0.5, 0.6) is 11.5 Å². The number of primary sulfonamides is 1. The van der Waals surface area contributed by atoms with Crippen LogP contribution in [0.25, 0.3) is 10.2 Å². The van der Waals surface area contributed by atoms with Crippen molar-refractivity contribution in [1.29, 1.82) is 0 Å². The molecule has 1 unspecified atom stereocenters. The first-order chi connectivity index (χ1) is 19.9. The normalized spacial score (nSPS) is 13.2. The van der Waals surface area contributed by atoms with Gasteiger partial charge in [-0.15, -0.1) is 16.4 Å². The first-order valence-corrected chi connectivity index (χ1v) is 15.1. The van der Waals surface area contributed by atoms with Gasteiger partial charge in [0.05, 0.1) is 16.4 Å². The number of carboxylic acid groups (broad SMARTS) is 1. The molecule has 0 spiro atoms. The van der Waals surface area contributed by atoms with E-state index in [1.807, 2.05) is 0 Å². The summed E-state index contributed by atoms with van der Waals surface area (Å²) in [7, 11) is -3.92. The van der Waals surface area contributed by atoms with Crippen LogP contribution in [0.1, 0.15) is 31.1 Å². The number of carbonyl (C=O) groups is 2. The summed E-state index contributed by atoms with van der Waals surface area (Å²) < 4.78 is 48.2. The van der Waals surface area contributed by atoms with Gasteiger partial charge in [-0.3, -0.25) is 4.79 Å². The lowest BCUT2D eigenvalue weighted by atomic mass is 10.0. The van der Waals surface area contributed by atoms with E-state index in [1.165, 1.54) is 4.68 Å². The quantitative estimate of drug-likeness (QED) is 0.189. The zero-order valence-corrected chi connectivity index (χ0v) is 24.3. The van der Waals surface area contributed by atoms with Crippen molar-refractivity contribution < 1.29 is 37.0 Å². The number of amides is 1. The molecule has 2 atom stereocenters. The molecule has 4 rings (SSSR count). The van der Waals surface area contributed by atoms with Crippen LogP contribution >= 0.6 is 11.3 Å². The molecular weight excluding hydrogens is 591 g/mol. The van der Waals surface area contributed by atoms with Gasteiger partial charge in [0.25, 0.3) is 10.0 Å². The summed E-state index contributed by atoms with van der Waals surface area (Å²) in [5, 5.41) is 25.7. The van der Waals surface area contributed by atoms with Gasteiger partial charge in [-0.1, -0.05) is 31.2 Å². The summed E-state index contributed by atoms with van der Waals surface area (Å²) in [6.07, 6.45) is 1.56. The Morgan fingerprint density at radius 2 is 1.86 bits per heavy atom. The molecule has 42 heavy (non-hydrogen) atoms. The highest BCUT2D eigenvalue weighted by atomic mass is 32.2. The molecule has 4 N–H and O–H groups in total. The molecule has 0 saturated carbocycles. The second-order valence-electron chi connectivity index (χ2n) is 9.61. The van der Waals surface area contributed by atoms with Crippen molar-refractivity contribution in [3.63, 3.8) is 0 Å². The average molecular weight is 621 g/mol. The number of halogens is 1. The Morgan fingerprint density at radius 1 is 1.14 bits per heavy atom. The largest absolute Gasteiger partial charge is 0.491 e. The van der Waals surface area contributed by atoms with Crippen LogP contribution in [0.2, 0.25) is 0 Å². The van der Waals surface area contributed by atoms with Gasteiger partial charge in [0.15, 0.2) is 0 Å². The van der Waals surface area contributed by atoms with Gasteiger partial charge in [-0.25, -0.2) is 32.4 Å². The number of thiazole rings is 1. The number of benzene rings is 2. The lowest BCUT2D eigenvalue weighted by Crippen LogP contribution is -2.46. The van der Waals surface area contributed by atoms with E-state index in [2.05, 4.69) is 20.6 Å². The first-order valence-electron chi connectivity index (χ1n) is 12.7. The van der Waals surface area contributed by atoms with Crippen LogP contribution in [-0.2, 0) is 32.6 Å². The number of sulfonamides is 1. The smallest absolute Gasteiger partial charge is 0.326 e. The number of hydrogen-bond acceptors (Lipinski definition) is 10. The summed E-state index contributed by atoms with van der Waals surface area (Å²) in [5.74, 6) is -1.11. The Labute approximate surface area is 244 Å². The van der Waals surface area contributed by atoms with Crippen LogP contribution < -0.4 is 19.9 Å². The van der Waals surface area contributed by atoms with Gasteiger partial charge < -0.3 is 19.9 Å². The van der Waals surface area contributed by atoms with E-state index >= 15 is 0 Å². The summed E-state index contributed by atoms with van der Waals surface area (Å²) in [4.78, 5) is 29.2. The third kappa shape index (κ3) is 7.77. The lowest BCUT2D eigenvalue weighted by Gasteiger charge is -2.23. The Balaban J connectivity index is 1.41. The minimum Gasteiger partial charge on any atom is -0.491 e. The van der Waals surface area contributed by atoms with Crippen LogP contribution in [-0.4, -0.2) is 64.7 Å². The Bertz CT molecular complexity index is 1660. The fraction of sp³-hybridized carbons (Fsp3) is 0.346. The van der Waals surface area contributed by atoms with Crippen molar-refractivity contribution in [2.75, 3.05) is 13.3 Å². The van der Waals surface area contributed by atoms with Gasteiger partial charge in [-0.05, 0) is 41.8 Å². The van der Waals surface area contributed by atoms with E-state index in [0.717, 1.165) is 11.3 Å². The van der Waals surface area contributed by atoms with E-state index in [9.17, 15) is 27.5 Å². The monoisotopic (exact) mass is 620 g/mol. The molecule has 16 heteroatoms. The number of aliphatic carboxylic acids is 1. The van der Waals surface area contributed by atoms with Gasteiger partial charge in [-0.2, -0.15) is 0 Å². The van der Waals surface area contributed by atoms with E-state index in [1.54, 1.807) is 62.5 Å². The number of aromatic nitrogens is 4. The third-order valence-corrected chi connectivity index (χ3v) is 8.37. The number of fused-ring (bicyclic) bond motifs is 1. The molecule has 0 aliphatic rings. The molecule has 0 saturated heterocycles. The predicted molar refractivity (Wildman–Crippen MR) is 150 cm³/mol. The number of ether oxygens (including phenoxy) is 2. The van der Waals surface area contributed by atoms with Crippen molar-refractivity contribution in [1.82, 2.24) is 25.3 Å². The molecule has 0 bridgehead atoms. The first kappa shape index (κ1) is 30.8. The Hall–Kier alpha value is -4.15. The number of carbonyl (C=O) groups excluding carboxylic acids is 1. The SMILES string of the molecule is CC(C)C(C(=O)N[C@@H](Cc1ccc(OCCF)cc1)C(=O)O)n1cc(COc2ccc3nc(S(N)(=O)=O)sc3c2)nn1. The van der Waals surface area contributed by atoms with E-state index in [-0.39, 0.29) is 29.9 Å². The van der Waals surface area contributed by atoms with Crippen molar-refractivity contribution in [3.05, 3.63) is 59.9 Å². The zero-order valence-electron chi connectivity index (χ0n) is 22.6. The molecule has 0 radical (unpaired) electrons. The van der Waals surface area contributed by atoms with Crippen molar-refractivity contribution >= 4 is 43.5 Å². The summed E-state index contributed by atoms with van der Waals surface area (Å²) >= 11 is 0.924. The van der Waals surface area contributed by atoms with Crippen molar-refractivity contribution in [2.45, 2.75) is 43.3 Å². The number of alkyl halides is 1. The van der Waals surface area contributed by atoms with Crippen LogP contribution in [0.15, 0.2) is 53.0 Å². The minimum atomic E-state index is -3.92. The number of nitrogens with one attached hydrogen (secondary N) is 1. The second-order valence-corrected chi connectivity index (χ2v) is 12.4. The summed E-state index contributed by atoms with van der Waals surface area (Å²) in [5.41, 5.74) is 1.52. The molecule has 0 fully saturated rings. The Morgan fingerprint density at radius 3 is 2.50 bits per heavy atom. The molecule has 13 nitrogen and oxygen atoms in total. The predicted octanol–water partition coefficient (Wildman–Crippen LogP) is 2.47. The van der Waals surface area contributed by atoms with Crippen LogP contribution in [0, 0.1) is 5.92 Å².